The molecule has 9 heteroatoms. The van der Waals surface area contributed by atoms with Crippen LogP contribution in [0.3, 0.4) is 0 Å². The van der Waals surface area contributed by atoms with Crippen molar-refractivity contribution in [3.8, 4) is 11.7 Å². The van der Waals surface area contributed by atoms with Crippen LogP contribution in [0.15, 0.2) is 21.1 Å². The lowest BCUT2D eigenvalue weighted by atomic mass is 10.4. The van der Waals surface area contributed by atoms with E-state index in [1.54, 1.807) is 6.92 Å². The first-order valence-corrected chi connectivity index (χ1v) is 4.87. The first-order chi connectivity index (χ1) is 8.61. The fourth-order valence-corrected chi connectivity index (χ4v) is 1.14. The zero-order chi connectivity index (χ0) is 13.1. The van der Waals surface area contributed by atoms with Gasteiger partial charge in [0.1, 0.15) is 4.92 Å². The number of nitrogens with zero attached hydrogens (tertiary/aromatic N) is 3. The molecule has 2 heterocycles. The Balaban J connectivity index is 2.23. The molecule has 9 nitrogen and oxygen atoms in total. The summed E-state index contributed by atoms with van der Waals surface area (Å²) in [7, 11) is 0. The number of carbonyl (C=O) groups excluding carboxylic acids is 1. The number of ether oxygens (including phenoxy) is 1. The molecule has 2 aromatic rings. The smallest absolute Gasteiger partial charge is 0.433 e. The zero-order valence-electron chi connectivity index (χ0n) is 9.15. The van der Waals surface area contributed by atoms with E-state index in [0.29, 0.717) is 0 Å². The summed E-state index contributed by atoms with van der Waals surface area (Å²) in [5, 5.41) is 13.8. The van der Waals surface area contributed by atoms with Gasteiger partial charge in [0.15, 0.2) is 5.76 Å². The predicted molar refractivity (Wildman–Crippen MR) is 54.6 cm³/mol. The Kier molecular flexibility index (Phi) is 3.04. The standard InChI is InChI=1S/C9H7N3O6/c1-2-16-9(13)7-10-8(18-11-7)5-3-4-6(17-5)12(14)15/h3-4H,2H2,1H3. The van der Waals surface area contributed by atoms with Gasteiger partial charge in [-0.15, -0.1) is 0 Å². The number of carbonyl (C=O) groups is 1. The molecule has 0 saturated carbocycles. The van der Waals surface area contributed by atoms with Gasteiger partial charge in [-0.05, 0) is 18.1 Å². The summed E-state index contributed by atoms with van der Waals surface area (Å²) in [5.74, 6) is -1.60. The van der Waals surface area contributed by atoms with Crippen molar-refractivity contribution in [2.24, 2.45) is 0 Å². The monoisotopic (exact) mass is 253 g/mol. The molecule has 0 saturated heterocycles. The van der Waals surface area contributed by atoms with Crippen LogP contribution in [0.4, 0.5) is 5.88 Å². The highest BCUT2D eigenvalue weighted by molar-refractivity contribution is 5.85. The lowest BCUT2D eigenvalue weighted by Crippen LogP contribution is -2.06. The molecule has 0 aromatic carbocycles. The molecule has 2 rings (SSSR count). The summed E-state index contributed by atoms with van der Waals surface area (Å²) in [4.78, 5) is 24.7. The van der Waals surface area contributed by atoms with E-state index < -0.39 is 16.8 Å². The molecule has 0 aliphatic carbocycles. The van der Waals surface area contributed by atoms with Gasteiger partial charge in [-0.1, -0.05) is 0 Å². The highest BCUT2D eigenvalue weighted by Gasteiger charge is 2.21. The molecular weight excluding hydrogens is 246 g/mol. The van der Waals surface area contributed by atoms with E-state index in [9.17, 15) is 14.9 Å². The normalized spacial score (nSPS) is 10.3. The molecule has 0 bridgehead atoms. The van der Waals surface area contributed by atoms with Crippen molar-refractivity contribution in [1.82, 2.24) is 10.1 Å². The van der Waals surface area contributed by atoms with Gasteiger partial charge in [0, 0.05) is 0 Å². The topological polar surface area (TPSA) is 122 Å². The number of hydrogen-bond acceptors (Lipinski definition) is 8. The maximum absolute atomic E-state index is 11.3. The van der Waals surface area contributed by atoms with Gasteiger partial charge >= 0.3 is 11.9 Å². The van der Waals surface area contributed by atoms with Crippen molar-refractivity contribution in [3.05, 3.63) is 28.1 Å². The van der Waals surface area contributed by atoms with Gasteiger partial charge in [0.2, 0.25) is 0 Å². The second-order valence-electron chi connectivity index (χ2n) is 3.04. The SMILES string of the molecule is CCOC(=O)c1noc(-c2ccc([N+](=O)[O-])o2)n1. The molecule has 18 heavy (non-hydrogen) atoms. The van der Waals surface area contributed by atoms with Gasteiger partial charge < -0.3 is 13.7 Å². The number of esters is 1. The lowest BCUT2D eigenvalue weighted by molar-refractivity contribution is -0.401. The molecule has 0 radical (unpaired) electrons. The van der Waals surface area contributed by atoms with Gasteiger partial charge in [0.25, 0.3) is 11.7 Å². The van der Waals surface area contributed by atoms with Gasteiger partial charge in [-0.2, -0.15) is 4.98 Å². The number of nitro groups is 1. The Morgan fingerprint density at radius 1 is 1.56 bits per heavy atom. The lowest BCUT2D eigenvalue weighted by Gasteiger charge is -1.93. The van der Waals surface area contributed by atoms with Crippen LogP contribution in [-0.4, -0.2) is 27.6 Å². The van der Waals surface area contributed by atoms with Crippen molar-refractivity contribution in [1.29, 1.82) is 0 Å². The van der Waals surface area contributed by atoms with E-state index in [-0.39, 0.29) is 24.1 Å². The predicted octanol–water partition coefficient (Wildman–Crippen LogP) is 1.41. The summed E-state index contributed by atoms with van der Waals surface area (Å²) in [6.07, 6.45) is 0. The zero-order valence-corrected chi connectivity index (χ0v) is 9.15. The van der Waals surface area contributed by atoms with E-state index >= 15 is 0 Å². The van der Waals surface area contributed by atoms with Crippen LogP contribution in [0.25, 0.3) is 11.7 Å². The molecule has 2 aromatic heterocycles. The van der Waals surface area contributed by atoms with Crippen LogP contribution in [0.5, 0.6) is 0 Å². The summed E-state index contributed by atoms with van der Waals surface area (Å²) in [5.41, 5.74) is 0. The maximum Gasteiger partial charge on any atom is 0.433 e. The molecule has 0 amide bonds. The van der Waals surface area contributed by atoms with E-state index in [0.717, 1.165) is 6.07 Å². The molecule has 0 atom stereocenters. The minimum absolute atomic E-state index is 0.00440. The first-order valence-electron chi connectivity index (χ1n) is 4.87. The third kappa shape index (κ3) is 2.19. The Labute approximate surface area is 99.5 Å². The van der Waals surface area contributed by atoms with E-state index in [4.69, 9.17) is 8.94 Å². The van der Waals surface area contributed by atoms with Crippen LogP contribution in [0.1, 0.15) is 17.5 Å². The van der Waals surface area contributed by atoms with Crippen LogP contribution in [0, 0.1) is 10.1 Å². The minimum atomic E-state index is -0.742. The summed E-state index contributed by atoms with van der Waals surface area (Å²) in [6.45, 7) is 1.81. The Morgan fingerprint density at radius 3 is 2.94 bits per heavy atom. The average molecular weight is 253 g/mol. The average Bonchev–Trinajstić information content (AvgIpc) is 2.98. The largest absolute Gasteiger partial charge is 0.460 e. The Morgan fingerprint density at radius 2 is 2.33 bits per heavy atom. The quantitative estimate of drug-likeness (QED) is 0.455. The van der Waals surface area contributed by atoms with Crippen LogP contribution in [-0.2, 0) is 4.74 Å². The third-order valence-electron chi connectivity index (χ3n) is 1.87. The molecular formula is C9H7N3O6. The Bertz CT molecular complexity index is 587. The molecule has 0 N–H and O–H groups in total. The van der Waals surface area contributed by atoms with E-state index in [1.165, 1.54) is 6.07 Å². The molecule has 94 valence electrons. The number of rotatable bonds is 4. The highest BCUT2D eigenvalue weighted by Crippen LogP contribution is 2.24. The van der Waals surface area contributed by atoms with E-state index in [1.807, 2.05) is 0 Å². The highest BCUT2D eigenvalue weighted by atomic mass is 16.6. The van der Waals surface area contributed by atoms with Crippen LogP contribution in [0.2, 0.25) is 0 Å². The maximum atomic E-state index is 11.3. The molecule has 0 spiro atoms. The van der Waals surface area contributed by atoms with Gasteiger partial charge in [-0.3, -0.25) is 10.1 Å². The second kappa shape index (κ2) is 4.65. The molecule has 0 aliphatic heterocycles. The van der Waals surface area contributed by atoms with Gasteiger partial charge in [0.05, 0.1) is 12.7 Å². The van der Waals surface area contributed by atoms with Crippen molar-refractivity contribution < 1.29 is 23.4 Å². The van der Waals surface area contributed by atoms with Crippen LogP contribution < -0.4 is 0 Å². The van der Waals surface area contributed by atoms with Crippen molar-refractivity contribution in [2.75, 3.05) is 6.61 Å². The number of aromatic nitrogens is 2. The fourth-order valence-electron chi connectivity index (χ4n) is 1.14. The molecule has 0 fully saturated rings. The van der Waals surface area contributed by atoms with Gasteiger partial charge in [-0.25, -0.2) is 4.79 Å². The van der Waals surface area contributed by atoms with E-state index in [2.05, 4.69) is 14.9 Å². The Hall–Kier alpha value is -2.71. The second-order valence-corrected chi connectivity index (χ2v) is 3.04. The number of hydrogen-bond donors (Lipinski definition) is 0. The van der Waals surface area contributed by atoms with Crippen LogP contribution >= 0.6 is 0 Å². The minimum Gasteiger partial charge on any atom is -0.460 e. The summed E-state index contributed by atoms with van der Waals surface area (Å²) < 4.78 is 14.2. The summed E-state index contributed by atoms with van der Waals surface area (Å²) >= 11 is 0. The third-order valence-corrected chi connectivity index (χ3v) is 1.87. The fraction of sp³-hybridized carbons (Fsp3) is 0.222. The first kappa shape index (κ1) is 11.8. The molecule has 0 aliphatic rings. The van der Waals surface area contributed by atoms with Crippen molar-refractivity contribution in [3.63, 3.8) is 0 Å². The van der Waals surface area contributed by atoms with Crippen molar-refractivity contribution >= 4 is 11.9 Å². The number of furan rings is 1. The summed E-state index contributed by atoms with van der Waals surface area (Å²) in [6, 6.07) is 2.43. The van der Waals surface area contributed by atoms with Crippen molar-refractivity contribution in [2.45, 2.75) is 6.92 Å². The molecule has 0 unspecified atom stereocenters.